The number of hydrogen-bond donors (Lipinski definition) is 0. The van der Waals surface area contributed by atoms with Gasteiger partial charge in [0.2, 0.25) is 0 Å². The van der Waals surface area contributed by atoms with Crippen LogP contribution in [0, 0.1) is 0 Å². The Morgan fingerprint density at radius 1 is 1.19 bits per heavy atom. The largest absolute Gasteiger partial charge is 0.371 e. The van der Waals surface area contributed by atoms with Crippen LogP contribution in [0.1, 0.15) is 0 Å². The lowest BCUT2D eigenvalue weighted by atomic mass is 10.1. The van der Waals surface area contributed by atoms with Gasteiger partial charge < -0.3 is 14.4 Å². The standard InChI is InChI=1S/C9H17NO5S/c1-10(2)6-4-13-9-7(5-14-8(6)9)15-16(3,11)12/h6-9H,4-5H2,1-3H3/t6-,7-,8+,9-/m0/s1. The monoisotopic (exact) mass is 251 g/mol. The molecular formula is C9H17NO5S. The van der Waals surface area contributed by atoms with Crippen molar-refractivity contribution in [2.24, 2.45) is 0 Å². The number of ether oxygens (including phenoxy) is 2. The summed E-state index contributed by atoms with van der Waals surface area (Å²) < 4.78 is 38.1. The molecule has 2 heterocycles. The SMILES string of the molecule is CN(C)[C@H]1CO[C@@H]2[C@@H]1OC[C@@H]2OS(C)(=O)=O. The van der Waals surface area contributed by atoms with Gasteiger partial charge in [0.25, 0.3) is 10.1 Å². The van der Waals surface area contributed by atoms with Gasteiger partial charge in [-0.3, -0.25) is 4.18 Å². The Kier molecular flexibility index (Phi) is 3.24. The molecule has 7 heteroatoms. The van der Waals surface area contributed by atoms with Gasteiger partial charge in [-0.05, 0) is 14.1 Å². The van der Waals surface area contributed by atoms with Gasteiger partial charge in [-0.15, -0.1) is 0 Å². The van der Waals surface area contributed by atoms with Crippen molar-refractivity contribution in [1.29, 1.82) is 0 Å². The fraction of sp³-hybridized carbons (Fsp3) is 1.00. The van der Waals surface area contributed by atoms with E-state index < -0.39 is 16.2 Å². The quantitative estimate of drug-likeness (QED) is 0.603. The van der Waals surface area contributed by atoms with Gasteiger partial charge in [0.05, 0.1) is 25.5 Å². The van der Waals surface area contributed by atoms with Crippen LogP contribution in [-0.2, 0) is 23.8 Å². The third-order valence-electron chi connectivity index (χ3n) is 2.94. The third kappa shape index (κ3) is 2.38. The predicted octanol–water partition coefficient (Wildman–Crippen LogP) is -0.941. The first-order chi connectivity index (χ1) is 7.38. The number of nitrogens with zero attached hydrogens (tertiary/aromatic N) is 1. The molecule has 2 rings (SSSR count). The first-order valence-corrected chi connectivity index (χ1v) is 6.98. The maximum atomic E-state index is 11.0. The van der Waals surface area contributed by atoms with Gasteiger partial charge >= 0.3 is 0 Å². The van der Waals surface area contributed by atoms with Crippen molar-refractivity contribution < 1.29 is 22.1 Å². The van der Waals surface area contributed by atoms with Gasteiger partial charge in [-0.25, -0.2) is 0 Å². The summed E-state index contributed by atoms with van der Waals surface area (Å²) in [6.45, 7) is 0.818. The van der Waals surface area contributed by atoms with Gasteiger partial charge in [-0.1, -0.05) is 0 Å². The molecule has 2 fully saturated rings. The Hall–Kier alpha value is -0.210. The minimum absolute atomic E-state index is 0.0956. The van der Waals surface area contributed by atoms with Crippen molar-refractivity contribution in [2.45, 2.75) is 24.4 Å². The van der Waals surface area contributed by atoms with Crippen LogP contribution < -0.4 is 0 Å². The van der Waals surface area contributed by atoms with E-state index in [-0.39, 0.29) is 24.9 Å². The normalized spacial score (nSPS) is 39.2. The highest BCUT2D eigenvalue weighted by atomic mass is 32.2. The van der Waals surface area contributed by atoms with Crippen LogP contribution in [-0.4, -0.2) is 71.2 Å². The van der Waals surface area contributed by atoms with E-state index >= 15 is 0 Å². The summed E-state index contributed by atoms with van der Waals surface area (Å²) in [5.41, 5.74) is 0. The molecule has 16 heavy (non-hydrogen) atoms. The number of likely N-dealkylation sites (N-methyl/N-ethyl adjacent to an activating group) is 1. The highest BCUT2D eigenvalue weighted by Crippen LogP contribution is 2.31. The van der Waals surface area contributed by atoms with Crippen LogP contribution in [0.25, 0.3) is 0 Å². The maximum Gasteiger partial charge on any atom is 0.264 e. The molecule has 0 N–H and O–H groups in total. The number of rotatable bonds is 3. The zero-order chi connectivity index (χ0) is 11.9. The second-order valence-corrected chi connectivity index (χ2v) is 6.07. The summed E-state index contributed by atoms with van der Waals surface area (Å²) in [6, 6.07) is 0.165. The molecule has 0 aromatic rings. The third-order valence-corrected chi connectivity index (χ3v) is 3.54. The average molecular weight is 251 g/mol. The first-order valence-electron chi connectivity index (χ1n) is 5.16. The molecule has 0 spiro atoms. The van der Waals surface area contributed by atoms with E-state index in [2.05, 4.69) is 0 Å². The van der Waals surface area contributed by atoms with E-state index in [1.807, 2.05) is 19.0 Å². The minimum Gasteiger partial charge on any atom is -0.371 e. The summed E-state index contributed by atoms with van der Waals surface area (Å²) in [5.74, 6) is 0. The van der Waals surface area contributed by atoms with Crippen molar-refractivity contribution in [2.75, 3.05) is 33.6 Å². The zero-order valence-electron chi connectivity index (χ0n) is 9.62. The Morgan fingerprint density at radius 3 is 2.38 bits per heavy atom. The van der Waals surface area contributed by atoms with Crippen LogP contribution in [0.4, 0.5) is 0 Å². The van der Waals surface area contributed by atoms with E-state index in [1.54, 1.807) is 0 Å². The second kappa shape index (κ2) is 4.23. The fourth-order valence-electron chi connectivity index (χ4n) is 2.19. The molecule has 0 radical (unpaired) electrons. The summed E-state index contributed by atoms with van der Waals surface area (Å²) in [6.07, 6.45) is 0.160. The molecule has 2 saturated heterocycles. The second-order valence-electron chi connectivity index (χ2n) is 4.47. The maximum absolute atomic E-state index is 11.0. The Bertz CT molecular complexity index is 355. The molecule has 0 aromatic heterocycles. The van der Waals surface area contributed by atoms with Crippen molar-refractivity contribution in [3.05, 3.63) is 0 Å². The van der Waals surface area contributed by atoms with E-state index in [4.69, 9.17) is 13.7 Å². The van der Waals surface area contributed by atoms with Crippen molar-refractivity contribution in [3.8, 4) is 0 Å². The van der Waals surface area contributed by atoms with Crippen LogP contribution in [0.3, 0.4) is 0 Å². The average Bonchev–Trinajstić information content (AvgIpc) is 2.65. The summed E-state index contributed by atoms with van der Waals surface area (Å²) in [5, 5.41) is 0. The molecule has 0 saturated carbocycles. The first kappa shape index (κ1) is 12.3. The lowest BCUT2D eigenvalue weighted by Crippen LogP contribution is -2.40. The van der Waals surface area contributed by atoms with Gasteiger partial charge in [-0.2, -0.15) is 8.42 Å². The summed E-state index contributed by atoms with van der Waals surface area (Å²) in [4.78, 5) is 2.02. The topological polar surface area (TPSA) is 65.1 Å². The molecule has 0 aliphatic carbocycles. The van der Waals surface area contributed by atoms with Crippen molar-refractivity contribution >= 4 is 10.1 Å². The van der Waals surface area contributed by atoms with E-state index in [1.165, 1.54) is 0 Å². The number of hydrogen-bond acceptors (Lipinski definition) is 6. The van der Waals surface area contributed by atoms with Crippen LogP contribution in [0.5, 0.6) is 0 Å². The zero-order valence-corrected chi connectivity index (χ0v) is 10.4. The van der Waals surface area contributed by atoms with E-state index in [9.17, 15) is 8.42 Å². The summed E-state index contributed by atoms with van der Waals surface area (Å²) in [7, 11) is 0.440. The lowest BCUT2D eigenvalue weighted by Gasteiger charge is -2.22. The Balaban J connectivity index is 2.03. The van der Waals surface area contributed by atoms with Crippen LogP contribution in [0.2, 0.25) is 0 Å². The highest BCUT2D eigenvalue weighted by Gasteiger charge is 2.49. The van der Waals surface area contributed by atoms with Crippen LogP contribution >= 0.6 is 0 Å². The van der Waals surface area contributed by atoms with E-state index in [0.717, 1.165) is 6.26 Å². The molecule has 2 aliphatic heterocycles. The molecule has 94 valence electrons. The lowest BCUT2D eigenvalue weighted by molar-refractivity contribution is 0.0315. The molecule has 0 unspecified atom stereocenters. The highest BCUT2D eigenvalue weighted by molar-refractivity contribution is 7.86. The molecule has 0 bridgehead atoms. The van der Waals surface area contributed by atoms with Gasteiger partial charge in [0.15, 0.2) is 0 Å². The fourth-order valence-corrected chi connectivity index (χ4v) is 2.81. The molecular weight excluding hydrogens is 234 g/mol. The molecule has 0 aromatic carbocycles. The van der Waals surface area contributed by atoms with E-state index in [0.29, 0.717) is 6.61 Å². The smallest absolute Gasteiger partial charge is 0.264 e. The van der Waals surface area contributed by atoms with Crippen molar-refractivity contribution in [3.63, 3.8) is 0 Å². The molecule has 4 atom stereocenters. The van der Waals surface area contributed by atoms with Crippen molar-refractivity contribution in [1.82, 2.24) is 4.90 Å². The molecule has 0 amide bonds. The Morgan fingerprint density at radius 2 is 1.81 bits per heavy atom. The molecule has 6 nitrogen and oxygen atoms in total. The predicted molar refractivity (Wildman–Crippen MR) is 56.7 cm³/mol. The number of fused-ring (bicyclic) bond motifs is 1. The minimum atomic E-state index is -3.46. The Labute approximate surface area is 95.6 Å². The van der Waals surface area contributed by atoms with Gasteiger partial charge in [0.1, 0.15) is 18.3 Å². The molecule has 2 aliphatic rings. The summed E-state index contributed by atoms with van der Waals surface area (Å²) >= 11 is 0. The van der Waals surface area contributed by atoms with Gasteiger partial charge in [0, 0.05) is 0 Å². The van der Waals surface area contributed by atoms with Crippen LogP contribution in [0.15, 0.2) is 0 Å².